The van der Waals surface area contributed by atoms with Gasteiger partial charge < -0.3 is 15.4 Å². The van der Waals surface area contributed by atoms with Gasteiger partial charge in [-0.1, -0.05) is 17.7 Å². The standard InChI is InChI=1S/C21H20FN3O3S/c1-12-5-4-6-15(9-12)20(27)23-13(2)19(26)25-21-24-17(11-29-21)14-7-8-18(28-3)16(22)10-14/h4-11,13H,1-3H3,(H,23,27)(H,24,25,26). The van der Waals surface area contributed by atoms with Crippen molar-refractivity contribution in [3.05, 3.63) is 64.8 Å². The Balaban J connectivity index is 1.63. The maximum atomic E-state index is 13.9. The van der Waals surface area contributed by atoms with Gasteiger partial charge in [0.1, 0.15) is 6.04 Å². The number of aromatic nitrogens is 1. The summed E-state index contributed by atoms with van der Waals surface area (Å²) >= 11 is 1.21. The Morgan fingerprint density at radius 2 is 2.00 bits per heavy atom. The van der Waals surface area contributed by atoms with Crippen molar-refractivity contribution in [2.24, 2.45) is 0 Å². The summed E-state index contributed by atoms with van der Waals surface area (Å²) in [4.78, 5) is 29.0. The lowest BCUT2D eigenvalue weighted by Gasteiger charge is -2.13. The lowest BCUT2D eigenvalue weighted by Crippen LogP contribution is -2.41. The molecule has 1 atom stereocenters. The molecule has 2 aromatic carbocycles. The van der Waals surface area contributed by atoms with Crippen LogP contribution in [0.4, 0.5) is 9.52 Å². The number of hydrogen-bond donors (Lipinski definition) is 2. The molecule has 1 heterocycles. The Morgan fingerprint density at radius 1 is 1.21 bits per heavy atom. The molecular weight excluding hydrogens is 393 g/mol. The summed E-state index contributed by atoms with van der Waals surface area (Å²) in [5.74, 6) is -1.07. The van der Waals surface area contributed by atoms with E-state index in [0.29, 0.717) is 22.0 Å². The minimum absolute atomic E-state index is 0.149. The van der Waals surface area contributed by atoms with E-state index in [-0.39, 0.29) is 11.7 Å². The van der Waals surface area contributed by atoms with Crippen LogP contribution in [-0.4, -0.2) is 29.9 Å². The van der Waals surface area contributed by atoms with Crippen LogP contribution >= 0.6 is 11.3 Å². The Labute approximate surface area is 171 Å². The van der Waals surface area contributed by atoms with Gasteiger partial charge in [0.25, 0.3) is 5.91 Å². The van der Waals surface area contributed by atoms with Gasteiger partial charge >= 0.3 is 0 Å². The molecule has 6 nitrogen and oxygen atoms in total. The average Bonchev–Trinajstić information content (AvgIpc) is 3.16. The zero-order valence-corrected chi connectivity index (χ0v) is 17.0. The molecule has 2 N–H and O–H groups in total. The number of aryl methyl sites for hydroxylation is 1. The number of benzene rings is 2. The van der Waals surface area contributed by atoms with Crippen LogP contribution < -0.4 is 15.4 Å². The molecule has 150 valence electrons. The summed E-state index contributed by atoms with van der Waals surface area (Å²) in [7, 11) is 1.40. The minimum Gasteiger partial charge on any atom is -0.494 e. The maximum Gasteiger partial charge on any atom is 0.251 e. The zero-order valence-electron chi connectivity index (χ0n) is 16.2. The fourth-order valence-electron chi connectivity index (χ4n) is 2.63. The predicted octanol–water partition coefficient (Wildman–Crippen LogP) is 4.02. The SMILES string of the molecule is COc1ccc(-c2csc(NC(=O)C(C)NC(=O)c3cccc(C)c3)n2)cc1F. The number of carbonyl (C=O) groups excluding carboxylic acids is 2. The first kappa shape index (κ1) is 20.5. The first-order chi connectivity index (χ1) is 13.9. The molecule has 0 bridgehead atoms. The first-order valence-electron chi connectivity index (χ1n) is 8.85. The Hall–Kier alpha value is -3.26. The van der Waals surface area contributed by atoms with Crippen molar-refractivity contribution in [2.75, 3.05) is 12.4 Å². The van der Waals surface area contributed by atoms with Gasteiger partial charge in [0.05, 0.1) is 12.8 Å². The van der Waals surface area contributed by atoms with Gasteiger partial charge in [0, 0.05) is 16.5 Å². The average molecular weight is 413 g/mol. The van der Waals surface area contributed by atoms with Gasteiger partial charge in [-0.25, -0.2) is 9.37 Å². The van der Waals surface area contributed by atoms with E-state index < -0.39 is 17.8 Å². The van der Waals surface area contributed by atoms with Crippen molar-refractivity contribution >= 4 is 28.3 Å². The van der Waals surface area contributed by atoms with Crippen LogP contribution in [0.2, 0.25) is 0 Å². The highest BCUT2D eigenvalue weighted by Gasteiger charge is 2.18. The molecule has 0 aliphatic rings. The highest BCUT2D eigenvalue weighted by Crippen LogP contribution is 2.28. The Kier molecular flexibility index (Phi) is 6.23. The summed E-state index contributed by atoms with van der Waals surface area (Å²) < 4.78 is 18.8. The second kappa shape index (κ2) is 8.83. The molecule has 0 radical (unpaired) electrons. The number of nitrogens with zero attached hydrogens (tertiary/aromatic N) is 1. The molecule has 0 spiro atoms. The van der Waals surface area contributed by atoms with Crippen LogP contribution in [0.3, 0.4) is 0 Å². The van der Waals surface area contributed by atoms with E-state index in [4.69, 9.17) is 4.74 Å². The van der Waals surface area contributed by atoms with E-state index >= 15 is 0 Å². The summed E-state index contributed by atoms with van der Waals surface area (Å²) in [5.41, 5.74) is 2.55. The maximum absolute atomic E-state index is 13.9. The number of amides is 2. The molecule has 0 aliphatic heterocycles. The van der Waals surface area contributed by atoms with Crippen LogP contribution in [-0.2, 0) is 4.79 Å². The Morgan fingerprint density at radius 3 is 2.69 bits per heavy atom. The van der Waals surface area contributed by atoms with Crippen LogP contribution in [0, 0.1) is 12.7 Å². The molecule has 1 aromatic heterocycles. The van der Waals surface area contributed by atoms with Crippen LogP contribution in [0.1, 0.15) is 22.8 Å². The summed E-state index contributed by atoms with van der Waals surface area (Å²) in [6, 6.07) is 10.9. The highest BCUT2D eigenvalue weighted by molar-refractivity contribution is 7.14. The lowest BCUT2D eigenvalue weighted by atomic mass is 10.1. The second-order valence-electron chi connectivity index (χ2n) is 6.44. The molecule has 0 saturated carbocycles. The number of carbonyl (C=O) groups is 2. The van der Waals surface area contributed by atoms with E-state index in [1.807, 2.05) is 13.0 Å². The molecule has 0 aliphatic carbocycles. The molecule has 1 unspecified atom stereocenters. The molecular formula is C21H20FN3O3S. The summed E-state index contributed by atoms with van der Waals surface area (Å²) in [6.45, 7) is 3.48. The normalized spacial score (nSPS) is 11.6. The summed E-state index contributed by atoms with van der Waals surface area (Å²) in [5, 5.41) is 7.41. The zero-order chi connectivity index (χ0) is 21.0. The van der Waals surface area contributed by atoms with Crippen molar-refractivity contribution in [1.82, 2.24) is 10.3 Å². The fraction of sp³-hybridized carbons (Fsp3) is 0.190. The minimum atomic E-state index is -0.756. The van der Waals surface area contributed by atoms with Gasteiger partial charge in [-0.3, -0.25) is 9.59 Å². The van der Waals surface area contributed by atoms with Crippen molar-refractivity contribution < 1.29 is 18.7 Å². The van der Waals surface area contributed by atoms with Crippen LogP contribution in [0.15, 0.2) is 47.8 Å². The molecule has 0 saturated heterocycles. The third-order valence-corrected chi connectivity index (χ3v) is 4.96. The molecule has 8 heteroatoms. The quantitative estimate of drug-likeness (QED) is 0.640. The van der Waals surface area contributed by atoms with Gasteiger partial charge in [-0.15, -0.1) is 11.3 Å². The van der Waals surface area contributed by atoms with E-state index in [1.54, 1.807) is 36.6 Å². The molecule has 0 fully saturated rings. The third kappa shape index (κ3) is 4.97. The third-order valence-electron chi connectivity index (χ3n) is 4.20. The van der Waals surface area contributed by atoms with Crippen molar-refractivity contribution in [1.29, 1.82) is 0 Å². The van der Waals surface area contributed by atoms with E-state index in [0.717, 1.165) is 5.56 Å². The van der Waals surface area contributed by atoms with E-state index in [2.05, 4.69) is 15.6 Å². The summed E-state index contributed by atoms with van der Waals surface area (Å²) in [6.07, 6.45) is 0. The number of nitrogens with one attached hydrogen (secondary N) is 2. The molecule has 29 heavy (non-hydrogen) atoms. The topological polar surface area (TPSA) is 80.3 Å². The van der Waals surface area contributed by atoms with Gasteiger partial charge in [-0.2, -0.15) is 0 Å². The monoisotopic (exact) mass is 413 g/mol. The van der Waals surface area contributed by atoms with E-state index in [9.17, 15) is 14.0 Å². The van der Waals surface area contributed by atoms with Crippen LogP contribution in [0.25, 0.3) is 11.3 Å². The number of methoxy groups -OCH3 is 1. The predicted molar refractivity (Wildman–Crippen MR) is 111 cm³/mol. The Bertz CT molecular complexity index is 1050. The number of thiazole rings is 1. The van der Waals surface area contributed by atoms with Crippen molar-refractivity contribution in [3.63, 3.8) is 0 Å². The van der Waals surface area contributed by atoms with Gasteiger partial charge in [0.15, 0.2) is 16.7 Å². The number of rotatable bonds is 6. The second-order valence-corrected chi connectivity index (χ2v) is 7.30. The fourth-order valence-corrected chi connectivity index (χ4v) is 3.36. The largest absolute Gasteiger partial charge is 0.494 e. The van der Waals surface area contributed by atoms with Crippen LogP contribution in [0.5, 0.6) is 5.75 Å². The lowest BCUT2D eigenvalue weighted by molar-refractivity contribution is -0.117. The van der Waals surface area contributed by atoms with Crippen molar-refractivity contribution in [3.8, 4) is 17.0 Å². The van der Waals surface area contributed by atoms with Crippen molar-refractivity contribution in [2.45, 2.75) is 19.9 Å². The first-order valence-corrected chi connectivity index (χ1v) is 9.73. The number of hydrogen-bond acceptors (Lipinski definition) is 5. The van der Waals surface area contributed by atoms with Gasteiger partial charge in [0.2, 0.25) is 5.91 Å². The van der Waals surface area contributed by atoms with Gasteiger partial charge in [-0.05, 0) is 44.2 Å². The smallest absolute Gasteiger partial charge is 0.251 e. The molecule has 3 aromatic rings. The number of ether oxygens (including phenoxy) is 1. The van der Waals surface area contributed by atoms with E-state index in [1.165, 1.54) is 30.6 Å². The molecule has 3 rings (SSSR count). The number of anilines is 1. The molecule has 2 amide bonds. The highest BCUT2D eigenvalue weighted by atomic mass is 32.1. The number of halogens is 1.